The standard InChI is InChI=1S/C19H28N2O2/c1-14-5-7-16(8-6-14)19(23)13-20-11-3-4-18(20)12-21(15(2)22)17-9-10-17/h5-8,17-19,23H,3-4,9-13H2,1-2H3/t18-,19-/m1/s1. The quantitative estimate of drug-likeness (QED) is 0.877. The Morgan fingerprint density at radius 1 is 1.30 bits per heavy atom. The minimum Gasteiger partial charge on any atom is -0.387 e. The lowest BCUT2D eigenvalue weighted by Crippen LogP contribution is -2.44. The molecular formula is C19H28N2O2. The minimum atomic E-state index is -0.456. The van der Waals surface area contributed by atoms with E-state index in [9.17, 15) is 9.90 Å². The second-order valence-corrected chi connectivity index (χ2v) is 7.12. The number of carbonyl (C=O) groups is 1. The molecule has 4 heteroatoms. The monoisotopic (exact) mass is 316 g/mol. The van der Waals surface area contributed by atoms with Crippen molar-refractivity contribution in [2.45, 2.75) is 57.7 Å². The number of aliphatic hydroxyl groups is 1. The van der Waals surface area contributed by atoms with Gasteiger partial charge in [-0.05, 0) is 44.7 Å². The van der Waals surface area contributed by atoms with E-state index in [4.69, 9.17) is 0 Å². The van der Waals surface area contributed by atoms with Crippen LogP contribution in [0.3, 0.4) is 0 Å². The van der Waals surface area contributed by atoms with Crippen molar-refractivity contribution < 1.29 is 9.90 Å². The van der Waals surface area contributed by atoms with E-state index >= 15 is 0 Å². The van der Waals surface area contributed by atoms with Gasteiger partial charge in [0.25, 0.3) is 0 Å². The van der Waals surface area contributed by atoms with Gasteiger partial charge < -0.3 is 10.0 Å². The van der Waals surface area contributed by atoms with E-state index < -0.39 is 6.10 Å². The number of β-amino-alcohol motifs (C(OH)–C–C–N with tert-alkyl or cyclic N) is 1. The second-order valence-electron chi connectivity index (χ2n) is 7.12. The van der Waals surface area contributed by atoms with E-state index in [-0.39, 0.29) is 5.91 Å². The molecule has 1 saturated heterocycles. The zero-order chi connectivity index (χ0) is 16.4. The van der Waals surface area contributed by atoms with Crippen molar-refractivity contribution in [2.75, 3.05) is 19.6 Å². The predicted molar refractivity (Wildman–Crippen MR) is 91.1 cm³/mol. The molecule has 1 aliphatic carbocycles. The molecule has 0 unspecified atom stereocenters. The Hall–Kier alpha value is -1.39. The molecule has 2 fully saturated rings. The van der Waals surface area contributed by atoms with Crippen molar-refractivity contribution >= 4 is 5.91 Å². The highest BCUT2D eigenvalue weighted by Crippen LogP contribution is 2.30. The summed E-state index contributed by atoms with van der Waals surface area (Å²) < 4.78 is 0. The van der Waals surface area contributed by atoms with E-state index in [2.05, 4.69) is 11.8 Å². The summed E-state index contributed by atoms with van der Waals surface area (Å²) in [5.74, 6) is 0.193. The van der Waals surface area contributed by atoms with Crippen LogP contribution in [0.15, 0.2) is 24.3 Å². The highest BCUT2D eigenvalue weighted by Gasteiger charge is 2.35. The lowest BCUT2D eigenvalue weighted by Gasteiger charge is -2.31. The number of amides is 1. The first kappa shape index (κ1) is 16.5. The lowest BCUT2D eigenvalue weighted by molar-refractivity contribution is -0.130. The molecule has 1 saturated carbocycles. The Morgan fingerprint density at radius 2 is 2.00 bits per heavy atom. The van der Waals surface area contributed by atoms with Gasteiger partial charge in [-0.25, -0.2) is 0 Å². The van der Waals surface area contributed by atoms with Crippen LogP contribution in [0.1, 0.15) is 49.8 Å². The molecule has 2 aliphatic rings. The van der Waals surface area contributed by atoms with Crippen LogP contribution in [0.2, 0.25) is 0 Å². The number of aliphatic hydroxyl groups excluding tert-OH is 1. The maximum atomic E-state index is 11.9. The van der Waals surface area contributed by atoms with Crippen LogP contribution < -0.4 is 0 Å². The summed E-state index contributed by atoms with van der Waals surface area (Å²) in [4.78, 5) is 16.3. The van der Waals surface area contributed by atoms with Crippen molar-refractivity contribution in [1.29, 1.82) is 0 Å². The zero-order valence-electron chi connectivity index (χ0n) is 14.2. The Bertz CT molecular complexity index is 539. The first-order valence-corrected chi connectivity index (χ1v) is 8.80. The molecular weight excluding hydrogens is 288 g/mol. The van der Waals surface area contributed by atoms with Gasteiger partial charge in [-0.15, -0.1) is 0 Å². The van der Waals surface area contributed by atoms with Gasteiger partial charge in [0.05, 0.1) is 6.10 Å². The Labute approximate surface area is 139 Å². The third kappa shape index (κ3) is 4.12. The summed E-state index contributed by atoms with van der Waals surface area (Å²) in [7, 11) is 0. The minimum absolute atomic E-state index is 0.193. The smallest absolute Gasteiger partial charge is 0.219 e. The number of hydrogen-bond acceptors (Lipinski definition) is 3. The maximum absolute atomic E-state index is 11.9. The Kier molecular flexibility index (Phi) is 5.02. The van der Waals surface area contributed by atoms with Crippen LogP contribution in [0, 0.1) is 6.92 Å². The molecule has 0 aromatic heterocycles. The predicted octanol–water partition coefficient (Wildman–Crippen LogP) is 2.50. The van der Waals surface area contributed by atoms with E-state index in [0.717, 1.165) is 44.3 Å². The van der Waals surface area contributed by atoms with Gasteiger partial charge in [0.2, 0.25) is 5.91 Å². The summed E-state index contributed by atoms with van der Waals surface area (Å²) in [6.45, 7) is 6.23. The number of hydrogen-bond donors (Lipinski definition) is 1. The van der Waals surface area contributed by atoms with E-state index in [1.54, 1.807) is 6.92 Å². The summed E-state index contributed by atoms with van der Waals surface area (Å²) in [5, 5.41) is 10.5. The second kappa shape index (κ2) is 7.02. The van der Waals surface area contributed by atoms with Crippen molar-refractivity contribution in [3.05, 3.63) is 35.4 Å². The van der Waals surface area contributed by atoms with Crippen LogP contribution in [-0.2, 0) is 4.79 Å². The molecule has 1 aromatic carbocycles. The molecule has 1 heterocycles. The average Bonchev–Trinajstić information content (AvgIpc) is 3.26. The van der Waals surface area contributed by atoms with Crippen molar-refractivity contribution in [1.82, 2.24) is 9.80 Å². The topological polar surface area (TPSA) is 43.8 Å². The van der Waals surface area contributed by atoms with Gasteiger partial charge in [-0.3, -0.25) is 9.69 Å². The molecule has 0 spiro atoms. The SMILES string of the molecule is CC(=O)N(C[C@H]1CCCN1C[C@@H](O)c1ccc(C)cc1)C1CC1. The third-order valence-corrected chi connectivity index (χ3v) is 5.17. The normalized spacial score (nSPS) is 23.0. The molecule has 0 radical (unpaired) electrons. The lowest BCUT2D eigenvalue weighted by atomic mass is 10.1. The summed E-state index contributed by atoms with van der Waals surface area (Å²) >= 11 is 0. The number of rotatable bonds is 6. The maximum Gasteiger partial charge on any atom is 0.219 e. The molecule has 3 rings (SSSR count). The molecule has 1 amide bonds. The molecule has 126 valence electrons. The fourth-order valence-corrected chi connectivity index (χ4v) is 3.61. The van der Waals surface area contributed by atoms with Gasteiger partial charge in [-0.1, -0.05) is 29.8 Å². The van der Waals surface area contributed by atoms with Crippen LogP contribution >= 0.6 is 0 Å². The first-order valence-electron chi connectivity index (χ1n) is 8.80. The number of benzene rings is 1. The summed E-state index contributed by atoms with van der Waals surface area (Å²) in [5.41, 5.74) is 2.19. The van der Waals surface area contributed by atoms with Crippen molar-refractivity contribution in [3.8, 4) is 0 Å². The molecule has 23 heavy (non-hydrogen) atoms. The van der Waals surface area contributed by atoms with Crippen LogP contribution in [0.25, 0.3) is 0 Å². The molecule has 1 N–H and O–H groups in total. The first-order chi connectivity index (χ1) is 11.0. The number of nitrogens with zero attached hydrogens (tertiary/aromatic N) is 2. The summed E-state index contributed by atoms with van der Waals surface area (Å²) in [6, 6.07) is 8.97. The van der Waals surface area contributed by atoms with Crippen LogP contribution in [0.5, 0.6) is 0 Å². The number of aryl methyl sites for hydroxylation is 1. The Balaban J connectivity index is 1.59. The van der Waals surface area contributed by atoms with E-state index in [1.165, 1.54) is 5.56 Å². The van der Waals surface area contributed by atoms with Gasteiger partial charge in [0, 0.05) is 32.1 Å². The Morgan fingerprint density at radius 3 is 2.61 bits per heavy atom. The van der Waals surface area contributed by atoms with Crippen LogP contribution in [0.4, 0.5) is 0 Å². The fraction of sp³-hybridized carbons (Fsp3) is 0.632. The zero-order valence-corrected chi connectivity index (χ0v) is 14.2. The van der Waals surface area contributed by atoms with E-state index in [0.29, 0.717) is 18.6 Å². The van der Waals surface area contributed by atoms with Crippen LogP contribution in [-0.4, -0.2) is 52.5 Å². The molecule has 1 aromatic rings. The molecule has 1 aliphatic heterocycles. The molecule has 0 bridgehead atoms. The van der Waals surface area contributed by atoms with Gasteiger partial charge in [0.15, 0.2) is 0 Å². The van der Waals surface area contributed by atoms with Crippen molar-refractivity contribution in [2.24, 2.45) is 0 Å². The highest BCUT2D eigenvalue weighted by atomic mass is 16.3. The van der Waals surface area contributed by atoms with Gasteiger partial charge in [0.1, 0.15) is 0 Å². The van der Waals surface area contributed by atoms with Gasteiger partial charge in [-0.2, -0.15) is 0 Å². The fourth-order valence-electron chi connectivity index (χ4n) is 3.61. The third-order valence-electron chi connectivity index (χ3n) is 5.17. The molecule has 4 nitrogen and oxygen atoms in total. The average molecular weight is 316 g/mol. The van der Waals surface area contributed by atoms with E-state index in [1.807, 2.05) is 29.2 Å². The van der Waals surface area contributed by atoms with Crippen molar-refractivity contribution in [3.63, 3.8) is 0 Å². The summed E-state index contributed by atoms with van der Waals surface area (Å²) in [6.07, 6.45) is 4.12. The highest BCUT2D eigenvalue weighted by molar-refractivity contribution is 5.74. The number of likely N-dealkylation sites (tertiary alicyclic amines) is 1. The van der Waals surface area contributed by atoms with Gasteiger partial charge >= 0.3 is 0 Å². The molecule has 2 atom stereocenters. The largest absolute Gasteiger partial charge is 0.387 e. The number of carbonyl (C=O) groups excluding carboxylic acids is 1.